The maximum Gasteiger partial charge on any atom is 0.125 e. The average Bonchev–Trinajstić information content (AvgIpc) is 2.03. The normalized spacial score (nSPS) is 20.7. The molecule has 2 heterocycles. The molecule has 1 aliphatic heterocycles. The Kier molecular flexibility index (Phi) is 1.64. The van der Waals surface area contributed by atoms with Crippen molar-refractivity contribution in [3.8, 4) is 0 Å². The third-order valence-electron chi connectivity index (χ3n) is 1.95. The monoisotopic (exact) mass is 161 g/mol. The van der Waals surface area contributed by atoms with E-state index in [1.807, 2.05) is 13.1 Å². The van der Waals surface area contributed by atoms with Crippen LogP contribution in [0.2, 0.25) is 0 Å². The highest BCUT2D eigenvalue weighted by atomic mass is 14.9. The predicted molar refractivity (Wildman–Crippen MR) is 47.8 cm³/mol. The van der Waals surface area contributed by atoms with Gasteiger partial charge in [-0.2, -0.15) is 0 Å². The van der Waals surface area contributed by atoms with Crippen LogP contribution >= 0.6 is 0 Å². The third kappa shape index (κ3) is 1.22. The molecule has 1 unspecified atom stereocenters. The Morgan fingerprint density at radius 2 is 2.33 bits per heavy atom. The van der Waals surface area contributed by atoms with Crippen molar-refractivity contribution in [2.75, 3.05) is 0 Å². The van der Waals surface area contributed by atoms with Crippen molar-refractivity contribution < 1.29 is 0 Å². The van der Waals surface area contributed by atoms with Crippen molar-refractivity contribution in [3.63, 3.8) is 0 Å². The first-order chi connectivity index (χ1) is 5.75. The standard InChI is InChI=1S/C9H11N3/c1-6-3-8-9(11-4-6)5-10-7(2)12-8/h4-6H,3H2,1-2H3. The number of fused-ring (bicyclic) bond motifs is 1. The van der Waals surface area contributed by atoms with Crippen LogP contribution in [-0.2, 0) is 6.42 Å². The lowest BCUT2D eigenvalue weighted by atomic mass is 10.0. The van der Waals surface area contributed by atoms with E-state index in [-0.39, 0.29) is 0 Å². The maximum atomic E-state index is 4.34. The number of hydrogen-bond donors (Lipinski definition) is 0. The topological polar surface area (TPSA) is 38.1 Å². The van der Waals surface area contributed by atoms with Crippen molar-refractivity contribution in [3.05, 3.63) is 17.7 Å². The molecule has 0 radical (unpaired) electrons. The molecule has 0 aromatic carbocycles. The average molecular weight is 161 g/mol. The molecule has 1 aromatic rings. The minimum absolute atomic E-state index is 0.506. The Balaban J connectivity index is 2.47. The molecular weight excluding hydrogens is 150 g/mol. The van der Waals surface area contributed by atoms with Crippen LogP contribution in [0.1, 0.15) is 18.4 Å². The van der Waals surface area contributed by atoms with Crippen LogP contribution in [0.3, 0.4) is 0 Å². The van der Waals surface area contributed by atoms with Gasteiger partial charge in [0.1, 0.15) is 11.5 Å². The summed E-state index contributed by atoms with van der Waals surface area (Å²) in [7, 11) is 0. The lowest BCUT2D eigenvalue weighted by Crippen LogP contribution is -2.08. The molecule has 0 amide bonds. The van der Waals surface area contributed by atoms with Gasteiger partial charge in [0.05, 0.1) is 11.9 Å². The summed E-state index contributed by atoms with van der Waals surface area (Å²) in [6.45, 7) is 4.05. The summed E-state index contributed by atoms with van der Waals surface area (Å²) < 4.78 is 0. The minimum atomic E-state index is 0.506. The molecule has 0 saturated carbocycles. The molecule has 2 rings (SSSR count). The largest absolute Gasteiger partial charge is 0.257 e. The molecule has 0 fully saturated rings. The highest BCUT2D eigenvalue weighted by Gasteiger charge is 2.12. The summed E-state index contributed by atoms with van der Waals surface area (Å²) in [6.07, 6.45) is 4.74. The van der Waals surface area contributed by atoms with Gasteiger partial charge in [-0.15, -0.1) is 0 Å². The van der Waals surface area contributed by atoms with E-state index < -0.39 is 0 Å². The van der Waals surface area contributed by atoms with Crippen molar-refractivity contribution in [1.82, 2.24) is 9.97 Å². The van der Waals surface area contributed by atoms with E-state index in [9.17, 15) is 0 Å². The van der Waals surface area contributed by atoms with Crippen molar-refractivity contribution in [2.24, 2.45) is 10.9 Å². The van der Waals surface area contributed by atoms with Gasteiger partial charge in [0, 0.05) is 6.21 Å². The first kappa shape index (κ1) is 7.40. The van der Waals surface area contributed by atoms with Crippen LogP contribution in [0.15, 0.2) is 11.2 Å². The number of aryl methyl sites for hydroxylation is 1. The Bertz CT molecular complexity index is 331. The lowest BCUT2D eigenvalue weighted by molar-refractivity contribution is 0.739. The lowest BCUT2D eigenvalue weighted by Gasteiger charge is -2.12. The summed E-state index contributed by atoms with van der Waals surface area (Å²) in [5.74, 6) is 1.34. The van der Waals surface area contributed by atoms with Crippen molar-refractivity contribution in [2.45, 2.75) is 20.3 Å². The van der Waals surface area contributed by atoms with E-state index >= 15 is 0 Å². The Morgan fingerprint density at radius 1 is 1.50 bits per heavy atom. The quantitative estimate of drug-likeness (QED) is 0.580. The predicted octanol–water partition coefficient (Wildman–Crippen LogP) is 1.68. The SMILES string of the molecule is Cc1ncc2c(n1)CC(C)C=N2. The second kappa shape index (κ2) is 2.66. The molecule has 1 aromatic heterocycles. The van der Waals surface area contributed by atoms with Crippen molar-refractivity contribution >= 4 is 11.9 Å². The first-order valence-electron chi connectivity index (χ1n) is 4.12. The Morgan fingerprint density at radius 3 is 3.17 bits per heavy atom. The fourth-order valence-corrected chi connectivity index (χ4v) is 1.33. The van der Waals surface area contributed by atoms with Gasteiger partial charge in [-0.05, 0) is 19.3 Å². The van der Waals surface area contributed by atoms with E-state index in [4.69, 9.17) is 0 Å². The van der Waals surface area contributed by atoms with Crippen LogP contribution in [0.4, 0.5) is 5.69 Å². The van der Waals surface area contributed by atoms with Crippen LogP contribution in [0.25, 0.3) is 0 Å². The van der Waals surface area contributed by atoms with Gasteiger partial charge in [-0.25, -0.2) is 9.97 Å². The molecule has 62 valence electrons. The van der Waals surface area contributed by atoms with E-state index in [1.54, 1.807) is 6.20 Å². The maximum absolute atomic E-state index is 4.34. The molecule has 12 heavy (non-hydrogen) atoms. The van der Waals surface area contributed by atoms with E-state index in [0.717, 1.165) is 23.6 Å². The van der Waals surface area contributed by atoms with E-state index in [2.05, 4.69) is 21.9 Å². The van der Waals surface area contributed by atoms with Gasteiger partial charge in [0.25, 0.3) is 0 Å². The first-order valence-corrected chi connectivity index (χ1v) is 4.12. The minimum Gasteiger partial charge on any atom is -0.257 e. The second-order valence-electron chi connectivity index (χ2n) is 3.21. The molecule has 0 aliphatic carbocycles. The molecule has 1 atom stereocenters. The molecule has 1 aliphatic rings. The van der Waals surface area contributed by atoms with Gasteiger partial charge in [-0.3, -0.25) is 4.99 Å². The third-order valence-corrected chi connectivity index (χ3v) is 1.95. The zero-order chi connectivity index (χ0) is 8.55. The van der Waals surface area contributed by atoms with Crippen molar-refractivity contribution in [1.29, 1.82) is 0 Å². The number of hydrogen-bond acceptors (Lipinski definition) is 3. The highest BCUT2D eigenvalue weighted by molar-refractivity contribution is 5.69. The molecule has 0 N–H and O–H groups in total. The summed E-state index contributed by atoms with van der Waals surface area (Å²) in [5, 5.41) is 0. The van der Waals surface area contributed by atoms with Gasteiger partial charge in [0.15, 0.2) is 0 Å². The molecule has 0 bridgehead atoms. The second-order valence-corrected chi connectivity index (χ2v) is 3.21. The zero-order valence-electron chi connectivity index (χ0n) is 7.28. The highest BCUT2D eigenvalue weighted by Crippen LogP contribution is 2.22. The van der Waals surface area contributed by atoms with E-state index in [1.165, 1.54) is 0 Å². The summed E-state index contributed by atoms with van der Waals surface area (Å²) in [5.41, 5.74) is 2.01. The molecule has 0 saturated heterocycles. The fraction of sp³-hybridized carbons (Fsp3) is 0.444. The van der Waals surface area contributed by atoms with Crippen LogP contribution in [0.5, 0.6) is 0 Å². The number of aliphatic imine (C=N–C) groups is 1. The fourth-order valence-electron chi connectivity index (χ4n) is 1.33. The van der Waals surface area contributed by atoms with Crippen LogP contribution in [-0.4, -0.2) is 16.2 Å². The van der Waals surface area contributed by atoms with Gasteiger partial charge < -0.3 is 0 Å². The molecule has 0 spiro atoms. The molecule has 3 heteroatoms. The Hall–Kier alpha value is -1.25. The van der Waals surface area contributed by atoms with Crippen LogP contribution in [0, 0.1) is 12.8 Å². The Labute approximate surface area is 71.6 Å². The van der Waals surface area contributed by atoms with E-state index in [0.29, 0.717) is 5.92 Å². The summed E-state index contributed by atoms with van der Waals surface area (Å²) in [6, 6.07) is 0. The molecule has 3 nitrogen and oxygen atoms in total. The number of nitrogens with zero attached hydrogens (tertiary/aromatic N) is 3. The summed E-state index contributed by atoms with van der Waals surface area (Å²) >= 11 is 0. The van der Waals surface area contributed by atoms with Gasteiger partial charge >= 0.3 is 0 Å². The van der Waals surface area contributed by atoms with Gasteiger partial charge in [0.2, 0.25) is 0 Å². The van der Waals surface area contributed by atoms with Crippen LogP contribution < -0.4 is 0 Å². The number of rotatable bonds is 0. The molecular formula is C9H11N3. The van der Waals surface area contributed by atoms with Gasteiger partial charge in [-0.1, -0.05) is 6.92 Å². The zero-order valence-corrected chi connectivity index (χ0v) is 7.28. The number of aromatic nitrogens is 2. The summed E-state index contributed by atoms with van der Waals surface area (Å²) in [4.78, 5) is 12.7. The smallest absolute Gasteiger partial charge is 0.125 e.